The molecule has 5 N–H and O–H groups in total. The third-order valence-electron chi connectivity index (χ3n) is 1.81. The molecule has 1 aromatic rings. The van der Waals surface area contributed by atoms with E-state index in [-0.39, 0.29) is 22.8 Å². The lowest BCUT2D eigenvalue weighted by atomic mass is 10.1. The van der Waals surface area contributed by atoms with Crippen molar-refractivity contribution in [1.82, 2.24) is 0 Å². The average molecular weight is 180 g/mol. The van der Waals surface area contributed by atoms with Crippen molar-refractivity contribution in [3.8, 4) is 5.75 Å². The number of carbonyl (C=O) groups is 1. The maximum absolute atomic E-state index is 11.0. The molecule has 0 heterocycles. The summed E-state index contributed by atoms with van der Waals surface area (Å²) in [6, 6.07) is 3.11. The first-order chi connectivity index (χ1) is 6.06. The Morgan fingerprint density at radius 3 is 2.62 bits per heavy atom. The number of nitrogen functional groups attached to an aromatic ring is 1. The van der Waals surface area contributed by atoms with Crippen molar-refractivity contribution in [1.29, 1.82) is 0 Å². The lowest BCUT2D eigenvalue weighted by Crippen LogP contribution is -2.02. The van der Waals surface area contributed by atoms with Crippen LogP contribution in [0.4, 0.5) is 5.69 Å². The smallest absolute Gasteiger partial charge is 0.163 e. The van der Waals surface area contributed by atoms with Crippen molar-refractivity contribution in [2.75, 3.05) is 5.73 Å². The number of phenols is 1. The van der Waals surface area contributed by atoms with E-state index in [1.807, 2.05) is 0 Å². The van der Waals surface area contributed by atoms with Crippen LogP contribution in [0.3, 0.4) is 0 Å². The Morgan fingerprint density at radius 2 is 2.15 bits per heavy atom. The van der Waals surface area contributed by atoms with Crippen molar-refractivity contribution in [2.45, 2.75) is 13.5 Å². The minimum absolute atomic E-state index is 0.162. The highest BCUT2D eigenvalue weighted by Crippen LogP contribution is 2.26. The third-order valence-corrected chi connectivity index (χ3v) is 1.81. The van der Waals surface area contributed by atoms with Gasteiger partial charge in [0.15, 0.2) is 5.78 Å². The molecule has 1 aromatic carbocycles. The number of rotatable bonds is 2. The molecule has 0 fully saturated rings. The third kappa shape index (κ3) is 1.78. The quantitative estimate of drug-likeness (QED) is 0.354. The van der Waals surface area contributed by atoms with Crippen LogP contribution >= 0.6 is 0 Å². The fourth-order valence-corrected chi connectivity index (χ4v) is 1.11. The van der Waals surface area contributed by atoms with Gasteiger partial charge in [-0.1, -0.05) is 0 Å². The second kappa shape index (κ2) is 3.45. The first-order valence-corrected chi connectivity index (χ1v) is 3.88. The Labute approximate surface area is 76.2 Å². The molecule has 0 unspecified atom stereocenters. The highest BCUT2D eigenvalue weighted by molar-refractivity contribution is 5.98. The maximum Gasteiger partial charge on any atom is 0.163 e. The van der Waals surface area contributed by atoms with Crippen LogP contribution in [0.1, 0.15) is 22.8 Å². The van der Waals surface area contributed by atoms with Crippen LogP contribution in [-0.2, 0) is 6.54 Å². The predicted octanol–water partition coefficient (Wildman–Crippen LogP) is 0.636. The fraction of sp³-hybridized carbons (Fsp3) is 0.222. The fourth-order valence-electron chi connectivity index (χ4n) is 1.11. The van der Waals surface area contributed by atoms with Gasteiger partial charge in [0.2, 0.25) is 0 Å². The summed E-state index contributed by atoms with van der Waals surface area (Å²) in [7, 11) is 0. The number of Topliss-reactive ketones (excluding diaryl/α,β-unsaturated/α-hetero) is 1. The van der Waals surface area contributed by atoms with E-state index >= 15 is 0 Å². The number of nitrogens with two attached hydrogens (primary N) is 2. The second-order valence-corrected chi connectivity index (χ2v) is 2.84. The summed E-state index contributed by atoms with van der Waals surface area (Å²) in [6.45, 7) is 1.67. The molecular formula is C9H12N2O2. The van der Waals surface area contributed by atoms with Gasteiger partial charge in [-0.3, -0.25) is 4.79 Å². The van der Waals surface area contributed by atoms with Crippen molar-refractivity contribution < 1.29 is 9.90 Å². The van der Waals surface area contributed by atoms with Crippen LogP contribution in [-0.4, -0.2) is 10.9 Å². The van der Waals surface area contributed by atoms with Crippen LogP contribution < -0.4 is 11.5 Å². The monoisotopic (exact) mass is 180 g/mol. The van der Waals surface area contributed by atoms with Crippen molar-refractivity contribution in [2.24, 2.45) is 5.73 Å². The topological polar surface area (TPSA) is 89.3 Å². The molecule has 70 valence electrons. The molecule has 0 amide bonds. The molecule has 0 spiro atoms. The minimum atomic E-state index is -0.223. The number of anilines is 1. The molecule has 0 atom stereocenters. The summed E-state index contributed by atoms with van der Waals surface area (Å²) in [5.41, 5.74) is 12.0. The summed E-state index contributed by atoms with van der Waals surface area (Å²) in [5.74, 6) is -0.385. The summed E-state index contributed by atoms with van der Waals surface area (Å²) in [4.78, 5) is 11.0. The highest BCUT2D eigenvalue weighted by atomic mass is 16.3. The number of aromatic hydroxyl groups is 1. The molecule has 0 aliphatic rings. The minimum Gasteiger partial charge on any atom is -0.505 e. The van der Waals surface area contributed by atoms with Gasteiger partial charge in [-0.05, 0) is 24.6 Å². The molecular weight excluding hydrogens is 168 g/mol. The largest absolute Gasteiger partial charge is 0.505 e. The zero-order valence-electron chi connectivity index (χ0n) is 7.37. The van der Waals surface area contributed by atoms with E-state index in [2.05, 4.69) is 0 Å². The van der Waals surface area contributed by atoms with Crippen molar-refractivity contribution >= 4 is 11.5 Å². The van der Waals surface area contributed by atoms with E-state index in [1.165, 1.54) is 6.92 Å². The first kappa shape index (κ1) is 9.54. The number of phenolic OH excluding ortho intramolecular Hbond substituents is 1. The van der Waals surface area contributed by atoms with E-state index in [4.69, 9.17) is 11.5 Å². The van der Waals surface area contributed by atoms with E-state index < -0.39 is 0 Å². The van der Waals surface area contributed by atoms with Crippen LogP contribution in [0.2, 0.25) is 0 Å². The Morgan fingerprint density at radius 1 is 1.54 bits per heavy atom. The zero-order chi connectivity index (χ0) is 10.0. The standard InChI is InChI=1S/C9H12N2O2/c1-5(12)7-2-6(4-10)3-8(11)9(7)13/h2-3,13H,4,10-11H2,1H3. The van der Waals surface area contributed by atoms with Gasteiger partial charge in [0.05, 0.1) is 11.3 Å². The second-order valence-electron chi connectivity index (χ2n) is 2.84. The number of hydrogen-bond acceptors (Lipinski definition) is 4. The molecule has 0 saturated carbocycles. The summed E-state index contributed by atoms with van der Waals surface area (Å²) in [6.07, 6.45) is 0. The first-order valence-electron chi connectivity index (χ1n) is 3.88. The van der Waals surface area contributed by atoms with E-state index in [9.17, 15) is 9.90 Å². The van der Waals surface area contributed by atoms with Gasteiger partial charge in [-0.2, -0.15) is 0 Å². The number of carbonyl (C=O) groups excluding carboxylic acids is 1. The van der Waals surface area contributed by atoms with E-state index in [0.717, 1.165) is 5.56 Å². The van der Waals surface area contributed by atoms with Gasteiger partial charge >= 0.3 is 0 Å². The predicted molar refractivity (Wildman–Crippen MR) is 50.4 cm³/mol. The van der Waals surface area contributed by atoms with Crippen molar-refractivity contribution in [3.05, 3.63) is 23.3 Å². The van der Waals surface area contributed by atoms with Crippen LogP contribution in [0.15, 0.2) is 12.1 Å². The molecule has 4 heteroatoms. The number of benzene rings is 1. The Hall–Kier alpha value is -1.55. The Balaban J connectivity index is 3.33. The Bertz CT molecular complexity index is 348. The average Bonchev–Trinajstić information content (AvgIpc) is 2.09. The highest BCUT2D eigenvalue weighted by Gasteiger charge is 2.10. The van der Waals surface area contributed by atoms with Gasteiger partial charge in [0.25, 0.3) is 0 Å². The molecule has 0 saturated heterocycles. The molecule has 4 nitrogen and oxygen atoms in total. The van der Waals surface area contributed by atoms with Gasteiger partial charge in [0.1, 0.15) is 5.75 Å². The molecule has 0 radical (unpaired) electrons. The van der Waals surface area contributed by atoms with E-state index in [0.29, 0.717) is 6.54 Å². The lowest BCUT2D eigenvalue weighted by Gasteiger charge is -2.06. The molecule has 13 heavy (non-hydrogen) atoms. The Kier molecular flexibility index (Phi) is 2.53. The molecule has 1 rings (SSSR count). The summed E-state index contributed by atoms with van der Waals surface area (Å²) >= 11 is 0. The van der Waals surface area contributed by atoms with Crippen LogP contribution in [0.25, 0.3) is 0 Å². The van der Waals surface area contributed by atoms with Gasteiger partial charge in [0, 0.05) is 6.54 Å². The summed E-state index contributed by atoms with van der Waals surface area (Å²) in [5, 5.41) is 9.40. The lowest BCUT2D eigenvalue weighted by molar-refractivity contribution is 0.101. The SMILES string of the molecule is CC(=O)c1cc(CN)cc(N)c1O. The van der Waals surface area contributed by atoms with Crippen molar-refractivity contribution in [3.63, 3.8) is 0 Å². The zero-order valence-corrected chi connectivity index (χ0v) is 7.37. The van der Waals surface area contributed by atoms with Gasteiger partial charge < -0.3 is 16.6 Å². The van der Waals surface area contributed by atoms with Gasteiger partial charge in [-0.25, -0.2) is 0 Å². The van der Waals surface area contributed by atoms with E-state index in [1.54, 1.807) is 12.1 Å². The maximum atomic E-state index is 11.0. The molecule has 0 aliphatic heterocycles. The number of ketones is 1. The molecule has 0 bridgehead atoms. The van der Waals surface area contributed by atoms with Crippen LogP contribution in [0, 0.1) is 0 Å². The summed E-state index contributed by atoms with van der Waals surface area (Å²) < 4.78 is 0. The molecule has 0 aromatic heterocycles. The van der Waals surface area contributed by atoms with Crippen LogP contribution in [0.5, 0.6) is 5.75 Å². The van der Waals surface area contributed by atoms with Gasteiger partial charge in [-0.15, -0.1) is 0 Å². The molecule has 0 aliphatic carbocycles. The normalized spacial score (nSPS) is 10.0. The number of hydrogen-bond donors (Lipinski definition) is 3.